The fourth-order valence-corrected chi connectivity index (χ4v) is 3.26. The number of carbonyl (C=O) groups excluding carboxylic acids is 1. The minimum atomic E-state index is -3.72. The highest BCUT2D eigenvalue weighted by Gasteiger charge is 2.27. The SMILES string of the molecule is NNS(=O)(=O)c1ccc2c(c1)CCN2C(=O)c1ccc(O)cc1. The Labute approximate surface area is 133 Å². The van der Waals surface area contributed by atoms with Crippen LogP contribution in [0.15, 0.2) is 47.4 Å². The summed E-state index contributed by atoms with van der Waals surface area (Å²) in [7, 11) is -3.72. The molecule has 120 valence electrons. The van der Waals surface area contributed by atoms with E-state index in [9.17, 15) is 18.3 Å². The number of benzene rings is 2. The van der Waals surface area contributed by atoms with Crippen LogP contribution in [0.3, 0.4) is 0 Å². The number of aromatic hydroxyl groups is 1. The number of phenolic OH excluding ortho intramolecular Hbond substituents is 1. The summed E-state index contributed by atoms with van der Waals surface area (Å²) >= 11 is 0. The second-order valence-corrected chi connectivity index (χ2v) is 6.88. The van der Waals surface area contributed by atoms with Crippen LogP contribution in [0, 0.1) is 0 Å². The van der Waals surface area contributed by atoms with Crippen molar-refractivity contribution in [3.8, 4) is 5.75 Å². The fourth-order valence-electron chi connectivity index (χ4n) is 2.58. The maximum absolute atomic E-state index is 12.6. The van der Waals surface area contributed by atoms with Gasteiger partial charge in [-0.15, -0.1) is 0 Å². The highest BCUT2D eigenvalue weighted by atomic mass is 32.2. The first-order valence-electron chi connectivity index (χ1n) is 6.88. The van der Waals surface area contributed by atoms with Crippen LogP contribution in [-0.2, 0) is 16.4 Å². The van der Waals surface area contributed by atoms with Gasteiger partial charge in [0.15, 0.2) is 0 Å². The van der Waals surface area contributed by atoms with Gasteiger partial charge in [0.05, 0.1) is 4.90 Å². The third kappa shape index (κ3) is 2.79. The second-order valence-electron chi connectivity index (χ2n) is 5.17. The first kappa shape index (κ1) is 15.5. The van der Waals surface area contributed by atoms with Crippen molar-refractivity contribution in [1.29, 1.82) is 0 Å². The smallest absolute Gasteiger partial charge is 0.258 e. The predicted octanol–water partition coefficient (Wildman–Crippen LogP) is 0.747. The number of anilines is 1. The zero-order valence-electron chi connectivity index (χ0n) is 12.1. The Kier molecular flexibility index (Phi) is 3.80. The molecule has 2 aromatic rings. The first-order valence-corrected chi connectivity index (χ1v) is 8.37. The van der Waals surface area contributed by atoms with Gasteiger partial charge in [-0.1, -0.05) is 0 Å². The molecule has 1 aliphatic rings. The summed E-state index contributed by atoms with van der Waals surface area (Å²) in [5, 5.41) is 9.29. The molecule has 8 heteroatoms. The molecule has 4 N–H and O–H groups in total. The van der Waals surface area contributed by atoms with Gasteiger partial charge in [0.2, 0.25) is 0 Å². The van der Waals surface area contributed by atoms with Crippen LogP contribution in [-0.4, -0.2) is 26.0 Å². The number of sulfonamides is 1. The number of rotatable bonds is 3. The summed E-state index contributed by atoms with van der Waals surface area (Å²) in [4.78, 5) is 16.0. The van der Waals surface area contributed by atoms with E-state index in [0.717, 1.165) is 5.56 Å². The van der Waals surface area contributed by atoms with E-state index in [-0.39, 0.29) is 16.6 Å². The quantitative estimate of drug-likeness (QED) is 0.567. The number of nitrogens with two attached hydrogens (primary N) is 1. The van der Waals surface area contributed by atoms with Crippen molar-refractivity contribution in [2.45, 2.75) is 11.3 Å². The van der Waals surface area contributed by atoms with Gasteiger partial charge in [0.1, 0.15) is 5.75 Å². The molecule has 0 aromatic heterocycles. The Morgan fingerprint density at radius 1 is 1.17 bits per heavy atom. The Bertz CT molecular complexity index is 863. The molecule has 1 aliphatic heterocycles. The van der Waals surface area contributed by atoms with E-state index < -0.39 is 10.0 Å². The van der Waals surface area contributed by atoms with E-state index in [2.05, 4.69) is 0 Å². The van der Waals surface area contributed by atoms with Gasteiger partial charge in [0.25, 0.3) is 15.9 Å². The molecule has 0 spiro atoms. The molecule has 0 fully saturated rings. The van der Waals surface area contributed by atoms with Crippen LogP contribution < -0.4 is 15.6 Å². The van der Waals surface area contributed by atoms with Crippen LogP contribution in [0.4, 0.5) is 5.69 Å². The zero-order chi connectivity index (χ0) is 16.6. The van der Waals surface area contributed by atoms with Gasteiger partial charge in [-0.2, -0.15) is 4.83 Å². The molecule has 7 nitrogen and oxygen atoms in total. The topological polar surface area (TPSA) is 113 Å². The van der Waals surface area contributed by atoms with Crippen LogP contribution in [0.1, 0.15) is 15.9 Å². The molecule has 2 aromatic carbocycles. The van der Waals surface area contributed by atoms with Crippen LogP contribution in [0.2, 0.25) is 0 Å². The number of nitrogens with one attached hydrogen (secondary N) is 1. The average molecular weight is 333 g/mol. The number of amides is 1. The molecule has 0 saturated heterocycles. The van der Waals surface area contributed by atoms with E-state index in [4.69, 9.17) is 5.84 Å². The fraction of sp³-hybridized carbons (Fsp3) is 0.133. The van der Waals surface area contributed by atoms with Crippen molar-refractivity contribution in [1.82, 2.24) is 4.83 Å². The van der Waals surface area contributed by atoms with Gasteiger partial charge in [-0.3, -0.25) is 10.6 Å². The lowest BCUT2D eigenvalue weighted by molar-refractivity contribution is 0.0989. The summed E-state index contributed by atoms with van der Waals surface area (Å²) in [6.45, 7) is 0.467. The average Bonchev–Trinajstić information content (AvgIpc) is 2.98. The molecule has 0 saturated carbocycles. The molecular formula is C15H15N3O4S. The molecule has 0 unspecified atom stereocenters. The van der Waals surface area contributed by atoms with E-state index in [1.807, 2.05) is 0 Å². The highest BCUT2D eigenvalue weighted by Crippen LogP contribution is 2.31. The monoisotopic (exact) mass is 333 g/mol. The largest absolute Gasteiger partial charge is 0.508 e. The van der Waals surface area contributed by atoms with Crippen LogP contribution in [0.5, 0.6) is 5.75 Å². The van der Waals surface area contributed by atoms with Crippen LogP contribution >= 0.6 is 0 Å². The lowest BCUT2D eigenvalue weighted by Crippen LogP contribution is -2.30. The molecule has 1 amide bonds. The number of hydrogen-bond donors (Lipinski definition) is 3. The Morgan fingerprint density at radius 2 is 1.87 bits per heavy atom. The van der Waals surface area contributed by atoms with Crippen molar-refractivity contribution in [2.75, 3.05) is 11.4 Å². The molecule has 3 rings (SSSR count). The van der Waals surface area contributed by atoms with E-state index in [0.29, 0.717) is 24.2 Å². The predicted molar refractivity (Wildman–Crippen MR) is 84.4 cm³/mol. The van der Waals surface area contributed by atoms with Crippen molar-refractivity contribution in [2.24, 2.45) is 5.84 Å². The Hall–Kier alpha value is -2.42. The third-order valence-corrected chi connectivity index (χ3v) is 4.96. The maximum Gasteiger partial charge on any atom is 0.258 e. The van der Waals surface area contributed by atoms with Gasteiger partial charge in [0, 0.05) is 17.8 Å². The summed E-state index contributed by atoms with van der Waals surface area (Å²) < 4.78 is 23.5. The number of fused-ring (bicyclic) bond motifs is 1. The first-order chi connectivity index (χ1) is 10.9. The lowest BCUT2D eigenvalue weighted by Gasteiger charge is -2.17. The normalized spacial score (nSPS) is 13.9. The molecule has 0 radical (unpaired) electrons. The number of nitrogens with zero attached hydrogens (tertiary/aromatic N) is 1. The van der Waals surface area contributed by atoms with Gasteiger partial charge < -0.3 is 10.0 Å². The number of phenols is 1. The minimum absolute atomic E-state index is 0.0673. The minimum Gasteiger partial charge on any atom is -0.508 e. The second kappa shape index (κ2) is 5.65. The lowest BCUT2D eigenvalue weighted by atomic mass is 10.1. The van der Waals surface area contributed by atoms with Crippen molar-refractivity contribution >= 4 is 21.6 Å². The number of hydrogen-bond acceptors (Lipinski definition) is 5. The van der Waals surface area contributed by atoms with Crippen LogP contribution in [0.25, 0.3) is 0 Å². The third-order valence-electron chi connectivity index (χ3n) is 3.77. The van der Waals surface area contributed by atoms with E-state index in [1.54, 1.807) is 27.9 Å². The molecule has 1 heterocycles. The summed E-state index contributed by atoms with van der Waals surface area (Å²) in [6.07, 6.45) is 0.563. The summed E-state index contributed by atoms with van der Waals surface area (Å²) in [5.41, 5.74) is 1.91. The van der Waals surface area contributed by atoms with Crippen molar-refractivity contribution < 1.29 is 18.3 Å². The van der Waals surface area contributed by atoms with Crippen molar-refractivity contribution in [3.63, 3.8) is 0 Å². The molecule has 23 heavy (non-hydrogen) atoms. The Morgan fingerprint density at radius 3 is 2.52 bits per heavy atom. The molecule has 0 bridgehead atoms. The summed E-state index contributed by atoms with van der Waals surface area (Å²) in [5.74, 6) is 4.92. The van der Waals surface area contributed by atoms with E-state index in [1.165, 1.54) is 24.3 Å². The molecular weight excluding hydrogens is 318 g/mol. The van der Waals surface area contributed by atoms with E-state index >= 15 is 0 Å². The van der Waals surface area contributed by atoms with Crippen molar-refractivity contribution in [3.05, 3.63) is 53.6 Å². The molecule has 0 aliphatic carbocycles. The van der Waals surface area contributed by atoms with Gasteiger partial charge in [-0.05, 0) is 54.4 Å². The molecule has 0 atom stereocenters. The number of hydrazine groups is 1. The maximum atomic E-state index is 12.6. The standard InChI is InChI=1S/C15H15N3O4S/c16-17-23(21,22)13-5-6-14-11(9-13)7-8-18(14)15(20)10-1-3-12(19)4-2-10/h1-6,9,17,19H,7-8,16H2. The van der Waals surface area contributed by atoms with Gasteiger partial charge in [-0.25, -0.2) is 8.42 Å². The number of carbonyl (C=O) groups is 1. The zero-order valence-corrected chi connectivity index (χ0v) is 12.9. The highest BCUT2D eigenvalue weighted by molar-refractivity contribution is 7.89. The Balaban J connectivity index is 1.93. The summed E-state index contributed by atoms with van der Waals surface area (Å²) in [6, 6.07) is 10.5. The van der Waals surface area contributed by atoms with Gasteiger partial charge >= 0.3 is 0 Å².